The van der Waals surface area contributed by atoms with Crippen LogP contribution in [0.2, 0.25) is 0 Å². The Morgan fingerprint density at radius 2 is 1.55 bits per heavy atom. The third kappa shape index (κ3) is 6.47. The maximum atomic E-state index is 13.5. The van der Waals surface area contributed by atoms with E-state index in [2.05, 4.69) is 6.92 Å². The molecule has 114 valence electrons. The molecule has 1 unspecified atom stereocenters. The zero-order valence-electron chi connectivity index (χ0n) is 12.5. The molecule has 0 aliphatic heterocycles. The highest BCUT2D eigenvalue weighted by atomic mass is 19.1. The lowest BCUT2D eigenvalue weighted by molar-refractivity contribution is 0.512. The Labute approximate surface area is 121 Å². The molecule has 0 aromatic heterocycles. The van der Waals surface area contributed by atoms with Gasteiger partial charge in [0.15, 0.2) is 0 Å². The first-order valence-electron chi connectivity index (χ1n) is 7.85. The molecule has 0 saturated carbocycles. The van der Waals surface area contributed by atoms with E-state index in [0.29, 0.717) is 5.56 Å². The summed E-state index contributed by atoms with van der Waals surface area (Å²) < 4.78 is 26.6. The van der Waals surface area contributed by atoms with Gasteiger partial charge in [0.05, 0.1) is 0 Å². The van der Waals surface area contributed by atoms with E-state index < -0.39 is 17.7 Å². The SMILES string of the molecule is CCCCCCCCCCC(N)c1cc(F)ccc1F. The van der Waals surface area contributed by atoms with E-state index in [1.807, 2.05) is 0 Å². The fourth-order valence-electron chi connectivity index (χ4n) is 2.45. The van der Waals surface area contributed by atoms with Gasteiger partial charge in [-0.1, -0.05) is 58.3 Å². The van der Waals surface area contributed by atoms with Crippen molar-refractivity contribution < 1.29 is 8.78 Å². The molecule has 0 heterocycles. The molecule has 0 aliphatic carbocycles. The summed E-state index contributed by atoms with van der Waals surface area (Å²) in [4.78, 5) is 0. The predicted molar refractivity (Wildman–Crippen MR) is 80.5 cm³/mol. The van der Waals surface area contributed by atoms with Gasteiger partial charge in [0.25, 0.3) is 0 Å². The van der Waals surface area contributed by atoms with Crippen LogP contribution in [0.25, 0.3) is 0 Å². The van der Waals surface area contributed by atoms with Crippen LogP contribution >= 0.6 is 0 Å². The van der Waals surface area contributed by atoms with Gasteiger partial charge in [0, 0.05) is 11.6 Å². The molecule has 0 aliphatic rings. The molecule has 0 radical (unpaired) electrons. The summed E-state index contributed by atoms with van der Waals surface area (Å²) in [6.45, 7) is 2.22. The van der Waals surface area contributed by atoms with Crippen molar-refractivity contribution in [3.05, 3.63) is 35.4 Å². The zero-order valence-corrected chi connectivity index (χ0v) is 12.5. The average molecular weight is 283 g/mol. The van der Waals surface area contributed by atoms with Crippen molar-refractivity contribution in [2.24, 2.45) is 5.73 Å². The van der Waals surface area contributed by atoms with Gasteiger partial charge in [0.2, 0.25) is 0 Å². The smallest absolute Gasteiger partial charge is 0.128 e. The lowest BCUT2D eigenvalue weighted by Crippen LogP contribution is -2.12. The molecule has 3 heteroatoms. The largest absolute Gasteiger partial charge is 0.324 e. The van der Waals surface area contributed by atoms with E-state index in [-0.39, 0.29) is 0 Å². The molecule has 0 amide bonds. The van der Waals surface area contributed by atoms with Crippen molar-refractivity contribution in [2.45, 2.75) is 70.8 Å². The van der Waals surface area contributed by atoms with E-state index in [1.54, 1.807) is 0 Å². The van der Waals surface area contributed by atoms with E-state index in [4.69, 9.17) is 5.73 Å². The standard InChI is InChI=1S/C17H27F2N/c1-2-3-4-5-6-7-8-9-10-17(20)15-13-14(18)11-12-16(15)19/h11-13,17H,2-10,20H2,1H3. The molecule has 1 atom stereocenters. The van der Waals surface area contributed by atoms with Crippen molar-refractivity contribution in [1.29, 1.82) is 0 Å². The van der Waals surface area contributed by atoms with Crippen molar-refractivity contribution in [3.63, 3.8) is 0 Å². The zero-order chi connectivity index (χ0) is 14.8. The highest BCUT2D eigenvalue weighted by Gasteiger charge is 2.12. The highest BCUT2D eigenvalue weighted by molar-refractivity contribution is 5.21. The first-order chi connectivity index (χ1) is 9.65. The summed E-state index contributed by atoms with van der Waals surface area (Å²) in [5.74, 6) is -0.828. The van der Waals surface area contributed by atoms with Crippen LogP contribution in [-0.2, 0) is 0 Å². The van der Waals surface area contributed by atoms with Gasteiger partial charge >= 0.3 is 0 Å². The number of unbranched alkanes of at least 4 members (excludes halogenated alkanes) is 7. The molecule has 0 bridgehead atoms. The molecule has 20 heavy (non-hydrogen) atoms. The van der Waals surface area contributed by atoms with Crippen LogP contribution in [0.15, 0.2) is 18.2 Å². The molecule has 1 aromatic carbocycles. The molecule has 0 spiro atoms. The van der Waals surface area contributed by atoms with Gasteiger partial charge < -0.3 is 5.73 Å². The Morgan fingerprint density at radius 3 is 2.20 bits per heavy atom. The lowest BCUT2D eigenvalue weighted by Gasteiger charge is -2.13. The Bertz CT molecular complexity index is 379. The highest BCUT2D eigenvalue weighted by Crippen LogP contribution is 2.21. The fourth-order valence-corrected chi connectivity index (χ4v) is 2.45. The average Bonchev–Trinajstić information content (AvgIpc) is 2.44. The van der Waals surface area contributed by atoms with Gasteiger partial charge in [-0.05, 0) is 24.6 Å². The molecule has 1 nitrogen and oxygen atoms in total. The van der Waals surface area contributed by atoms with Crippen molar-refractivity contribution >= 4 is 0 Å². The number of halogens is 2. The van der Waals surface area contributed by atoms with Crippen molar-refractivity contribution in [2.75, 3.05) is 0 Å². The number of rotatable bonds is 10. The second-order valence-electron chi connectivity index (χ2n) is 5.54. The Balaban J connectivity index is 2.17. The quantitative estimate of drug-likeness (QED) is 0.564. The van der Waals surface area contributed by atoms with Crippen LogP contribution in [0.4, 0.5) is 8.78 Å². The van der Waals surface area contributed by atoms with Crippen LogP contribution in [0.5, 0.6) is 0 Å². The minimum absolute atomic E-state index is 0.299. The summed E-state index contributed by atoms with van der Waals surface area (Å²) in [5, 5.41) is 0. The summed E-state index contributed by atoms with van der Waals surface area (Å²) in [5.41, 5.74) is 6.24. The summed E-state index contributed by atoms with van der Waals surface area (Å²) in [6, 6.07) is 3.09. The number of hydrogen-bond acceptors (Lipinski definition) is 1. The van der Waals surface area contributed by atoms with E-state index >= 15 is 0 Å². The van der Waals surface area contributed by atoms with E-state index in [9.17, 15) is 8.78 Å². The van der Waals surface area contributed by atoms with Crippen LogP contribution in [0, 0.1) is 11.6 Å². The molecule has 1 aromatic rings. The monoisotopic (exact) mass is 283 g/mol. The van der Waals surface area contributed by atoms with Gasteiger partial charge in [-0.2, -0.15) is 0 Å². The second-order valence-corrected chi connectivity index (χ2v) is 5.54. The third-order valence-electron chi connectivity index (χ3n) is 3.73. The van der Waals surface area contributed by atoms with E-state index in [1.165, 1.54) is 44.6 Å². The van der Waals surface area contributed by atoms with Crippen LogP contribution in [0.3, 0.4) is 0 Å². The lowest BCUT2D eigenvalue weighted by atomic mass is 9.99. The fraction of sp³-hybridized carbons (Fsp3) is 0.647. The molecule has 0 saturated heterocycles. The minimum Gasteiger partial charge on any atom is -0.324 e. The number of hydrogen-bond donors (Lipinski definition) is 1. The Morgan fingerprint density at radius 1 is 0.950 bits per heavy atom. The topological polar surface area (TPSA) is 26.0 Å². The molecule has 1 rings (SSSR count). The molecular weight excluding hydrogens is 256 g/mol. The van der Waals surface area contributed by atoms with Crippen molar-refractivity contribution in [3.8, 4) is 0 Å². The van der Waals surface area contributed by atoms with Crippen LogP contribution in [-0.4, -0.2) is 0 Å². The van der Waals surface area contributed by atoms with Gasteiger partial charge in [-0.25, -0.2) is 8.78 Å². The normalized spacial score (nSPS) is 12.6. The Kier molecular flexibility index (Phi) is 8.43. The molecule has 0 fully saturated rings. The number of nitrogens with two attached hydrogens (primary N) is 1. The van der Waals surface area contributed by atoms with Crippen molar-refractivity contribution in [1.82, 2.24) is 0 Å². The summed E-state index contributed by atoms with van der Waals surface area (Å²) >= 11 is 0. The Hall–Kier alpha value is -0.960. The first-order valence-corrected chi connectivity index (χ1v) is 7.85. The maximum absolute atomic E-state index is 13.5. The maximum Gasteiger partial charge on any atom is 0.128 e. The number of benzene rings is 1. The predicted octanol–water partition coefficient (Wildman–Crippen LogP) is 5.50. The van der Waals surface area contributed by atoms with Gasteiger partial charge in [0.1, 0.15) is 11.6 Å². The summed E-state index contributed by atoms with van der Waals surface area (Å²) in [6.07, 6.45) is 10.5. The van der Waals surface area contributed by atoms with Crippen LogP contribution < -0.4 is 5.73 Å². The van der Waals surface area contributed by atoms with Gasteiger partial charge in [-0.15, -0.1) is 0 Å². The minimum atomic E-state index is -0.423. The second kappa shape index (κ2) is 9.87. The van der Waals surface area contributed by atoms with E-state index in [0.717, 1.165) is 31.4 Å². The third-order valence-corrected chi connectivity index (χ3v) is 3.73. The van der Waals surface area contributed by atoms with Gasteiger partial charge in [-0.3, -0.25) is 0 Å². The van der Waals surface area contributed by atoms with Crippen LogP contribution in [0.1, 0.15) is 76.3 Å². The molecular formula is C17H27F2N. The molecule has 2 N–H and O–H groups in total. The summed E-state index contributed by atoms with van der Waals surface area (Å²) in [7, 11) is 0. The first kappa shape index (κ1) is 17.1.